The van der Waals surface area contributed by atoms with Gasteiger partial charge in [0, 0.05) is 12.6 Å². The molecule has 4 heteroatoms. The Hall–Kier alpha value is -0.380. The van der Waals surface area contributed by atoms with Gasteiger partial charge in [-0.3, -0.25) is 0 Å². The van der Waals surface area contributed by atoms with Crippen LogP contribution in [-0.2, 0) is 0 Å². The van der Waals surface area contributed by atoms with Crippen molar-refractivity contribution in [1.82, 2.24) is 10.6 Å². The van der Waals surface area contributed by atoms with Gasteiger partial charge in [0.05, 0.1) is 0 Å². The summed E-state index contributed by atoms with van der Waals surface area (Å²) in [6.07, 6.45) is 10.5. The van der Waals surface area contributed by atoms with Crippen molar-refractivity contribution in [3.63, 3.8) is 0 Å². The highest BCUT2D eigenvalue weighted by Gasteiger charge is 2.16. The number of amides is 2. The molecule has 0 bridgehead atoms. The Morgan fingerprint density at radius 1 is 1.25 bits per heavy atom. The number of rotatable bonds is 7. The summed E-state index contributed by atoms with van der Waals surface area (Å²) in [7, 11) is 0. The molecule has 0 aromatic rings. The molecule has 1 aliphatic carbocycles. The molecule has 3 nitrogen and oxygen atoms in total. The molecular formula is C12H24N2OS. The maximum Gasteiger partial charge on any atom is 0.315 e. The van der Waals surface area contributed by atoms with E-state index in [1.807, 2.05) is 11.8 Å². The summed E-state index contributed by atoms with van der Waals surface area (Å²) in [6, 6.07) is 0.452. The number of hydrogen-bond acceptors (Lipinski definition) is 2. The maximum atomic E-state index is 11.5. The molecule has 1 saturated carbocycles. The topological polar surface area (TPSA) is 41.1 Å². The molecule has 1 aliphatic rings. The Bertz CT molecular complexity index is 193. The lowest BCUT2D eigenvalue weighted by atomic mass is 10.2. The van der Waals surface area contributed by atoms with E-state index >= 15 is 0 Å². The van der Waals surface area contributed by atoms with Crippen LogP contribution in [-0.4, -0.2) is 30.6 Å². The Morgan fingerprint density at radius 2 is 2.00 bits per heavy atom. The zero-order valence-electron chi connectivity index (χ0n) is 10.3. The van der Waals surface area contributed by atoms with Gasteiger partial charge in [-0.25, -0.2) is 4.79 Å². The maximum absolute atomic E-state index is 11.5. The highest BCUT2D eigenvalue weighted by atomic mass is 32.2. The number of urea groups is 1. The van der Waals surface area contributed by atoms with Crippen molar-refractivity contribution < 1.29 is 4.79 Å². The molecule has 16 heavy (non-hydrogen) atoms. The van der Waals surface area contributed by atoms with Crippen LogP contribution in [0.1, 0.15) is 44.9 Å². The molecule has 2 amide bonds. The first-order valence-corrected chi connectivity index (χ1v) is 7.75. The SMILES string of the molecule is CSCCCCCNC(=O)NC1CCCC1. The molecule has 94 valence electrons. The molecular weight excluding hydrogens is 220 g/mol. The lowest BCUT2D eigenvalue weighted by Crippen LogP contribution is -2.41. The van der Waals surface area contributed by atoms with Crippen LogP contribution in [0.5, 0.6) is 0 Å². The smallest absolute Gasteiger partial charge is 0.315 e. The van der Waals surface area contributed by atoms with E-state index in [0.29, 0.717) is 6.04 Å². The fourth-order valence-corrected chi connectivity index (χ4v) is 2.55. The molecule has 1 fully saturated rings. The Labute approximate surface area is 103 Å². The minimum atomic E-state index is 0.0248. The highest BCUT2D eigenvalue weighted by molar-refractivity contribution is 7.98. The number of carbonyl (C=O) groups excluding carboxylic acids is 1. The van der Waals surface area contributed by atoms with Gasteiger partial charge in [0.15, 0.2) is 0 Å². The molecule has 0 aromatic carbocycles. The van der Waals surface area contributed by atoms with Gasteiger partial charge in [-0.15, -0.1) is 0 Å². The van der Waals surface area contributed by atoms with Crippen LogP contribution in [0.2, 0.25) is 0 Å². The van der Waals surface area contributed by atoms with Gasteiger partial charge in [-0.2, -0.15) is 11.8 Å². The second-order valence-electron chi connectivity index (χ2n) is 4.44. The van der Waals surface area contributed by atoms with Crippen molar-refractivity contribution in [3.8, 4) is 0 Å². The molecule has 0 aromatic heterocycles. The molecule has 0 heterocycles. The third kappa shape index (κ3) is 6.26. The lowest BCUT2D eigenvalue weighted by Gasteiger charge is -2.12. The average molecular weight is 244 g/mol. The lowest BCUT2D eigenvalue weighted by molar-refractivity contribution is 0.237. The molecule has 0 saturated heterocycles. The van der Waals surface area contributed by atoms with Gasteiger partial charge >= 0.3 is 6.03 Å². The largest absolute Gasteiger partial charge is 0.338 e. The zero-order valence-corrected chi connectivity index (χ0v) is 11.1. The van der Waals surface area contributed by atoms with E-state index in [-0.39, 0.29) is 6.03 Å². The van der Waals surface area contributed by atoms with Crippen molar-refractivity contribution in [2.45, 2.75) is 51.0 Å². The normalized spacial score (nSPS) is 16.3. The third-order valence-electron chi connectivity index (χ3n) is 3.00. The van der Waals surface area contributed by atoms with Crippen LogP contribution in [0.4, 0.5) is 4.79 Å². The first-order chi connectivity index (χ1) is 7.83. The van der Waals surface area contributed by atoms with Crippen LogP contribution < -0.4 is 10.6 Å². The van der Waals surface area contributed by atoms with Crippen molar-refractivity contribution in [3.05, 3.63) is 0 Å². The number of thioether (sulfide) groups is 1. The predicted octanol–water partition coefficient (Wildman–Crippen LogP) is 2.76. The van der Waals surface area contributed by atoms with Gasteiger partial charge in [-0.1, -0.05) is 19.3 Å². The number of nitrogens with one attached hydrogen (secondary N) is 2. The second kappa shape index (κ2) is 8.74. The Morgan fingerprint density at radius 3 is 2.69 bits per heavy atom. The van der Waals surface area contributed by atoms with E-state index in [1.54, 1.807) is 0 Å². The van der Waals surface area contributed by atoms with Crippen LogP contribution in [0.25, 0.3) is 0 Å². The Kier molecular flexibility index (Phi) is 7.47. The summed E-state index contributed by atoms with van der Waals surface area (Å²) in [6.45, 7) is 0.812. The first kappa shape index (κ1) is 13.7. The van der Waals surface area contributed by atoms with Crippen molar-refractivity contribution in [1.29, 1.82) is 0 Å². The molecule has 0 atom stereocenters. The standard InChI is InChI=1S/C12H24N2OS/c1-16-10-6-2-5-9-13-12(15)14-11-7-3-4-8-11/h11H,2-10H2,1H3,(H2,13,14,15). The van der Waals surface area contributed by atoms with E-state index in [4.69, 9.17) is 0 Å². The summed E-state index contributed by atoms with van der Waals surface area (Å²) in [4.78, 5) is 11.5. The van der Waals surface area contributed by atoms with E-state index < -0.39 is 0 Å². The fraction of sp³-hybridized carbons (Fsp3) is 0.917. The number of hydrogen-bond donors (Lipinski definition) is 2. The average Bonchev–Trinajstić information content (AvgIpc) is 2.76. The predicted molar refractivity (Wildman–Crippen MR) is 71.0 cm³/mol. The van der Waals surface area contributed by atoms with E-state index in [2.05, 4.69) is 16.9 Å². The molecule has 0 radical (unpaired) electrons. The van der Waals surface area contributed by atoms with Crippen LogP contribution in [0.15, 0.2) is 0 Å². The van der Waals surface area contributed by atoms with Crippen LogP contribution in [0, 0.1) is 0 Å². The quantitative estimate of drug-likeness (QED) is 0.676. The first-order valence-electron chi connectivity index (χ1n) is 6.36. The van der Waals surface area contributed by atoms with E-state index in [1.165, 1.54) is 31.4 Å². The third-order valence-corrected chi connectivity index (χ3v) is 3.70. The van der Waals surface area contributed by atoms with E-state index in [9.17, 15) is 4.79 Å². The number of carbonyl (C=O) groups is 1. The summed E-state index contributed by atoms with van der Waals surface area (Å²) in [5.41, 5.74) is 0. The second-order valence-corrected chi connectivity index (χ2v) is 5.42. The Balaban J connectivity index is 1.89. The minimum Gasteiger partial charge on any atom is -0.338 e. The minimum absolute atomic E-state index is 0.0248. The van der Waals surface area contributed by atoms with Crippen molar-refractivity contribution in [2.24, 2.45) is 0 Å². The number of unbranched alkanes of at least 4 members (excludes halogenated alkanes) is 2. The monoisotopic (exact) mass is 244 g/mol. The molecule has 1 rings (SSSR count). The van der Waals surface area contributed by atoms with Gasteiger partial charge in [-0.05, 0) is 37.7 Å². The summed E-state index contributed by atoms with van der Waals surface area (Å²) in [5.74, 6) is 1.23. The summed E-state index contributed by atoms with van der Waals surface area (Å²) < 4.78 is 0. The summed E-state index contributed by atoms with van der Waals surface area (Å²) in [5, 5.41) is 5.96. The fourth-order valence-electron chi connectivity index (χ4n) is 2.06. The zero-order chi connectivity index (χ0) is 11.6. The van der Waals surface area contributed by atoms with Crippen LogP contribution in [0.3, 0.4) is 0 Å². The van der Waals surface area contributed by atoms with Crippen molar-refractivity contribution in [2.75, 3.05) is 18.6 Å². The molecule has 0 aliphatic heterocycles. The molecule has 2 N–H and O–H groups in total. The van der Waals surface area contributed by atoms with Gasteiger partial charge < -0.3 is 10.6 Å². The van der Waals surface area contributed by atoms with Gasteiger partial charge in [0.1, 0.15) is 0 Å². The van der Waals surface area contributed by atoms with E-state index in [0.717, 1.165) is 25.8 Å². The van der Waals surface area contributed by atoms with Gasteiger partial charge in [0.25, 0.3) is 0 Å². The molecule has 0 spiro atoms. The highest BCUT2D eigenvalue weighted by Crippen LogP contribution is 2.17. The van der Waals surface area contributed by atoms with Crippen molar-refractivity contribution >= 4 is 17.8 Å². The van der Waals surface area contributed by atoms with Gasteiger partial charge in [0.2, 0.25) is 0 Å². The molecule has 0 unspecified atom stereocenters. The summed E-state index contributed by atoms with van der Waals surface area (Å²) >= 11 is 1.89. The van der Waals surface area contributed by atoms with Crippen LogP contribution >= 0.6 is 11.8 Å².